The smallest absolute Gasteiger partial charge is 0.293 e. The van der Waals surface area contributed by atoms with E-state index in [-0.39, 0.29) is 11.4 Å². The number of anilines is 1. The molecule has 0 saturated carbocycles. The fourth-order valence-electron chi connectivity index (χ4n) is 1.23. The summed E-state index contributed by atoms with van der Waals surface area (Å²) in [6.07, 6.45) is 1.55. The molecule has 2 aromatic rings. The lowest BCUT2D eigenvalue weighted by atomic mass is 10.3. The maximum Gasteiger partial charge on any atom is 0.293 e. The Kier molecular flexibility index (Phi) is 2.45. The van der Waals surface area contributed by atoms with Gasteiger partial charge >= 0.3 is 0 Å². The maximum absolute atomic E-state index is 11.5. The van der Waals surface area contributed by atoms with E-state index in [9.17, 15) is 4.79 Å². The van der Waals surface area contributed by atoms with Crippen molar-refractivity contribution in [2.45, 2.75) is 6.92 Å². The number of aromatic nitrogens is 2. The molecule has 5 heteroatoms. The van der Waals surface area contributed by atoms with Gasteiger partial charge in [0.1, 0.15) is 0 Å². The van der Waals surface area contributed by atoms with E-state index in [1.54, 1.807) is 19.2 Å². The summed E-state index contributed by atoms with van der Waals surface area (Å²) < 4.78 is 0. The first kappa shape index (κ1) is 9.39. The molecule has 1 aromatic carbocycles. The summed E-state index contributed by atoms with van der Waals surface area (Å²) in [7, 11) is 0. The number of hydrazone groups is 1. The molecular weight excluding hydrogens is 192 g/mol. The van der Waals surface area contributed by atoms with Gasteiger partial charge in [0.2, 0.25) is 5.82 Å². The van der Waals surface area contributed by atoms with E-state index < -0.39 is 0 Å². The van der Waals surface area contributed by atoms with Gasteiger partial charge in [-0.2, -0.15) is 5.10 Å². The molecule has 0 aliphatic carbocycles. The number of hydrogen-bond acceptors (Lipinski definition) is 4. The molecule has 0 aliphatic heterocycles. The van der Waals surface area contributed by atoms with E-state index >= 15 is 0 Å². The van der Waals surface area contributed by atoms with Crippen molar-refractivity contribution in [1.82, 2.24) is 9.97 Å². The zero-order valence-electron chi connectivity index (χ0n) is 8.19. The van der Waals surface area contributed by atoms with Crippen molar-refractivity contribution in [3.63, 3.8) is 0 Å². The molecule has 2 N–H and O–H groups in total. The van der Waals surface area contributed by atoms with Crippen LogP contribution >= 0.6 is 0 Å². The zero-order chi connectivity index (χ0) is 10.7. The summed E-state index contributed by atoms with van der Waals surface area (Å²) in [5.74, 6) is 0.201. The highest BCUT2D eigenvalue weighted by Crippen LogP contribution is 2.07. The molecular formula is C10H10N4O. The second-order valence-electron chi connectivity index (χ2n) is 2.93. The summed E-state index contributed by atoms with van der Waals surface area (Å²) in [6, 6.07) is 7.33. The van der Waals surface area contributed by atoms with Crippen LogP contribution in [0.5, 0.6) is 0 Å². The number of fused-ring (bicyclic) bond motifs is 1. The van der Waals surface area contributed by atoms with Crippen LogP contribution in [0.25, 0.3) is 11.0 Å². The lowest BCUT2D eigenvalue weighted by Crippen LogP contribution is -2.13. The molecule has 1 aromatic heterocycles. The van der Waals surface area contributed by atoms with Gasteiger partial charge in [0.05, 0.1) is 11.0 Å². The van der Waals surface area contributed by atoms with Crippen molar-refractivity contribution < 1.29 is 0 Å². The minimum atomic E-state index is -0.278. The van der Waals surface area contributed by atoms with E-state index in [0.717, 1.165) is 5.52 Å². The third-order valence-corrected chi connectivity index (χ3v) is 1.90. The van der Waals surface area contributed by atoms with Crippen LogP contribution in [0.2, 0.25) is 0 Å². The van der Waals surface area contributed by atoms with Crippen LogP contribution in [0.15, 0.2) is 34.2 Å². The van der Waals surface area contributed by atoms with Crippen molar-refractivity contribution in [2.24, 2.45) is 5.10 Å². The molecule has 1 heterocycles. The van der Waals surface area contributed by atoms with Crippen LogP contribution in [0.3, 0.4) is 0 Å². The van der Waals surface area contributed by atoms with Gasteiger partial charge in [0.15, 0.2) is 0 Å². The van der Waals surface area contributed by atoms with E-state index in [4.69, 9.17) is 0 Å². The maximum atomic E-state index is 11.5. The van der Waals surface area contributed by atoms with Gasteiger partial charge in [-0.25, -0.2) is 4.98 Å². The van der Waals surface area contributed by atoms with Crippen molar-refractivity contribution >= 4 is 23.1 Å². The van der Waals surface area contributed by atoms with Crippen molar-refractivity contribution in [2.75, 3.05) is 5.43 Å². The SMILES string of the molecule is C/C=N/Nc1nc2ccccc2[nH]c1=O. The second-order valence-corrected chi connectivity index (χ2v) is 2.93. The summed E-state index contributed by atoms with van der Waals surface area (Å²) in [4.78, 5) is 18.3. The first-order valence-corrected chi connectivity index (χ1v) is 4.54. The lowest BCUT2D eigenvalue weighted by molar-refractivity contribution is 1.17. The van der Waals surface area contributed by atoms with Gasteiger partial charge in [-0.1, -0.05) is 12.1 Å². The van der Waals surface area contributed by atoms with Crippen LogP contribution in [-0.4, -0.2) is 16.2 Å². The van der Waals surface area contributed by atoms with Crippen LogP contribution in [0, 0.1) is 0 Å². The first-order chi connectivity index (χ1) is 7.31. The highest BCUT2D eigenvalue weighted by molar-refractivity contribution is 5.75. The number of H-pyrrole nitrogens is 1. The molecule has 0 amide bonds. The van der Waals surface area contributed by atoms with Gasteiger partial charge < -0.3 is 4.98 Å². The Hall–Kier alpha value is -2.17. The Morgan fingerprint density at radius 2 is 2.27 bits per heavy atom. The number of nitrogens with one attached hydrogen (secondary N) is 2. The van der Waals surface area contributed by atoms with Gasteiger partial charge in [-0.3, -0.25) is 10.2 Å². The monoisotopic (exact) mass is 202 g/mol. The van der Waals surface area contributed by atoms with Gasteiger partial charge in [0, 0.05) is 6.21 Å². The summed E-state index contributed by atoms with van der Waals surface area (Å²) in [6.45, 7) is 1.75. The van der Waals surface area contributed by atoms with E-state index in [1.165, 1.54) is 0 Å². The molecule has 15 heavy (non-hydrogen) atoms. The molecule has 0 unspecified atom stereocenters. The number of aromatic amines is 1. The highest BCUT2D eigenvalue weighted by atomic mass is 16.1. The third-order valence-electron chi connectivity index (χ3n) is 1.90. The van der Waals surface area contributed by atoms with E-state index in [2.05, 4.69) is 20.5 Å². The molecule has 5 nitrogen and oxygen atoms in total. The molecule has 0 fully saturated rings. The second kappa shape index (κ2) is 3.91. The number of nitrogens with zero attached hydrogens (tertiary/aromatic N) is 2. The molecule has 2 rings (SSSR count). The highest BCUT2D eigenvalue weighted by Gasteiger charge is 2.01. The Labute approximate surface area is 85.9 Å². The molecule has 0 saturated heterocycles. The largest absolute Gasteiger partial charge is 0.317 e. The number of para-hydroxylation sites is 2. The average Bonchev–Trinajstić information content (AvgIpc) is 2.26. The average molecular weight is 202 g/mol. The van der Waals surface area contributed by atoms with Crippen molar-refractivity contribution in [1.29, 1.82) is 0 Å². The number of hydrogen-bond donors (Lipinski definition) is 2. The quantitative estimate of drug-likeness (QED) is 0.570. The topological polar surface area (TPSA) is 70.1 Å². The fraction of sp³-hybridized carbons (Fsp3) is 0.100. The third kappa shape index (κ3) is 1.85. The standard InChI is InChI=1S/C10H10N4O/c1-2-11-14-9-10(15)13-8-6-4-3-5-7(8)12-9/h2-6H,1H3,(H,12,14)(H,13,15)/b11-2+. The molecule has 76 valence electrons. The van der Waals surface area contributed by atoms with Crippen molar-refractivity contribution in [3.8, 4) is 0 Å². The Balaban J connectivity index is 2.57. The number of rotatable bonds is 2. The molecule has 0 atom stereocenters. The van der Waals surface area contributed by atoms with Crippen LogP contribution < -0.4 is 11.0 Å². The Morgan fingerprint density at radius 1 is 1.47 bits per heavy atom. The van der Waals surface area contributed by atoms with E-state index in [1.807, 2.05) is 18.2 Å². The van der Waals surface area contributed by atoms with Gasteiger partial charge in [0.25, 0.3) is 5.56 Å². The summed E-state index contributed by atoms with van der Waals surface area (Å²) in [5.41, 5.74) is 3.73. The van der Waals surface area contributed by atoms with Gasteiger partial charge in [-0.05, 0) is 19.1 Å². The molecule has 0 radical (unpaired) electrons. The molecule has 0 spiro atoms. The van der Waals surface area contributed by atoms with Gasteiger partial charge in [-0.15, -0.1) is 0 Å². The molecule has 0 bridgehead atoms. The predicted molar refractivity (Wildman–Crippen MR) is 60.2 cm³/mol. The summed E-state index contributed by atoms with van der Waals surface area (Å²) in [5, 5.41) is 3.75. The van der Waals surface area contributed by atoms with Crippen LogP contribution in [0.1, 0.15) is 6.92 Å². The predicted octanol–water partition coefficient (Wildman–Crippen LogP) is 1.34. The minimum Gasteiger partial charge on any atom is -0.317 e. The number of benzene rings is 1. The van der Waals surface area contributed by atoms with Crippen molar-refractivity contribution in [3.05, 3.63) is 34.6 Å². The summed E-state index contributed by atoms with van der Waals surface area (Å²) >= 11 is 0. The van der Waals surface area contributed by atoms with E-state index in [0.29, 0.717) is 5.52 Å². The minimum absolute atomic E-state index is 0.201. The van der Waals surface area contributed by atoms with Crippen LogP contribution in [-0.2, 0) is 0 Å². The fourth-order valence-corrected chi connectivity index (χ4v) is 1.23. The Morgan fingerprint density at radius 3 is 3.07 bits per heavy atom. The zero-order valence-corrected chi connectivity index (χ0v) is 8.19. The Bertz CT molecular complexity index is 559. The van der Waals surface area contributed by atoms with Crippen LogP contribution in [0.4, 0.5) is 5.82 Å². The first-order valence-electron chi connectivity index (χ1n) is 4.54. The normalized spacial score (nSPS) is 11.0. The molecule has 0 aliphatic rings. The lowest BCUT2D eigenvalue weighted by Gasteiger charge is -2.00.